The molecule has 13 heavy (non-hydrogen) atoms. The van der Waals surface area contributed by atoms with E-state index in [9.17, 15) is 9.90 Å². The maximum atomic E-state index is 11.0. The van der Waals surface area contributed by atoms with E-state index in [2.05, 4.69) is 0 Å². The lowest BCUT2D eigenvalue weighted by atomic mass is 9.99. The first-order chi connectivity index (χ1) is 6.02. The van der Waals surface area contributed by atoms with E-state index in [-0.39, 0.29) is 19.4 Å². The second-order valence-electron chi connectivity index (χ2n) is 3.37. The highest BCUT2D eigenvalue weighted by Gasteiger charge is 2.24. The van der Waals surface area contributed by atoms with E-state index in [1.54, 1.807) is 0 Å². The average molecular weight is 190 g/mol. The van der Waals surface area contributed by atoms with Crippen LogP contribution in [-0.2, 0) is 9.53 Å². The van der Waals surface area contributed by atoms with Gasteiger partial charge in [0.15, 0.2) is 0 Å². The van der Waals surface area contributed by atoms with Gasteiger partial charge in [-0.05, 0) is 19.8 Å². The van der Waals surface area contributed by atoms with Crippen molar-refractivity contribution in [1.82, 2.24) is 0 Å². The minimum absolute atomic E-state index is 0.0619. The van der Waals surface area contributed by atoms with Crippen LogP contribution in [0.25, 0.3) is 0 Å². The molecule has 0 saturated heterocycles. The topological polar surface area (TPSA) is 66.8 Å². The van der Waals surface area contributed by atoms with Crippen molar-refractivity contribution in [1.29, 1.82) is 0 Å². The lowest BCUT2D eigenvalue weighted by Crippen LogP contribution is -2.30. The van der Waals surface area contributed by atoms with Gasteiger partial charge in [-0.25, -0.2) is 0 Å². The van der Waals surface area contributed by atoms with Crippen molar-refractivity contribution in [3.63, 3.8) is 0 Å². The fourth-order valence-electron chi connectivity index (χ4n) is 0.907. The van der Waals surface area contributed by atoms with Crippen molar-refractivity contribution < 1.29 is 19.7 Å². The second-order valence-corrected chi connectivity index (χ2v) is 3.37. The van der Waals surface area contributed by atoms with Crippen LogP contribution in [0, 0.1) is 0 Å². The fraction of sp³-hybridized carbons (Fsp3) is 0.889. The summed E-state index contributed by atoms with van der Waals surface area (Å²) in [6.07, 6.45) is 0.898. The Hall–Kier alpha value is -0.610. The van der Waals surface area contributed by atoms with E-state index in [0.717, 1.165) is 6.42 Å². The zero-order valence-electron chi connectivity index (χ0n) is 8.25. The van der Waals surface area contributed by atoms with Gasteiger partial charge in [0.05, 0.1) is 18.6 Å². The molecule has 0 aliphatic carbocycles. The monoisotopic (exact) mass is 190 g/mol. The van der Waals surface area contributed by atoms with Gasteiger partial charge in [0.2, 0.25) is 0 Å². The van der Waals surface area contributed by atoms with Gasteiger partial charge >= 0.3 is 5.97 Å². The molecule has 0 unspecified atom stereocenters. The summed E-state index contributed by atoms with van der Waals surface area (Å²) in [5.74, 6) is -0.416. The van der Waals surface area contributed by atoms with Crippen molar-refractivity contribution in [3.8, 4) is 0 Å². The van der Waals surface area contributed by atoms with Gasteiger partial charge in [0, 0.05) is 6.61 Å². The van der Waals surface area contributed by atoms with Crippen LogP contribution in [0.3, 0.4) is 0 Å². The number of ether oxygens (including phenoxy) is 1. The molecule has 0 bridgehead atoms. The van der Waals surface area contributed by atoms with Crippen molar-refractivity contribution in [2.24, 2.45) is 0 Å². The minimum atomic E-state index is -1.15. The lowest BCUT2D eigenvalue weighted by molar-refractivity contribution is -0.149. The second kappa shape index (κ2) is 5.94. The van der Waals surface area contributed by atoms with Gasteiger partial charge in [-0.3, -0.25) is 4.79 Å². The Bertz CT molecular complexity index is 154. The fourth-order valence-corrected chi connectivity index (χ4v) is 0.907. The molecule has 4 nitrogen and oxygen atoms in total. The van der Waals surface area contributed by atoms with Crippen molar-refractivity contribution in [2.75, 3.05) is 13.2 Å². The highest BCUT2D eigenvalue weighted by Crippen LogP contribution is 2.14. The van der Waals surface area contributed by atoms with Gasteiger partial charge in [-0.1, -0.05) is 6.92 Å². The van der Waals surface area contributed by atoms with Gasteiger partial charge < -0.3 is 14.9 Å². The molecule has 0 aliphatic rings. The Labute approximate surface area is 78.5 Å². The Morgan fingerprint density at radius 3 is 2.62 bits per heavy atom. The largest absolute Gasteiger partial charge is 0.466 e. The van der Waals surface area contributed by atoms with Crippen molar-refractivity contribution in [2.45, 2.75) is 38.7 Å². The molecule has 0 heterocycles. The molecule has 2 N–H and O–H groups in total. The van der Waals surface area contributed by atoms with E-state index < -0.39 is 11.6 Å². The molecule has 0 aromatic carbocycles. The van der Waals surface area contributed by atoms with Crippen LogP contribution >= 0.6 is 0 Å². The van der Waals surface area contributed by atoms with Crippen LogP contribution < -0.4 is 0 Å². The van der Waals surface area contributed by atoms with Crippen LogP contribution in [0.4, 0.5) is 0 Å². The Kier molecular flexibility index (Phi) is 5.66. The summed E-state index contributed by atoms with van der Waals surface area (Å²) in [4.78, 5) is 11.0. The van der Waals surface area contributed by atoms with Crippen LogP contribution in [0.1, 0.15) is 33.1 Å². The number of carbonyl (C=O) groups is 1. The number of rotatable bonds is 6. The van der Waals surface area contributed by atoms with Gasteiger partial charge in [-0.15, -0.1) is 0 Å². The third-order valence-corrected chi connectivity index (χ3v) is 1.64. The molecule has 0 rings (SSSR count). The standard InChI is InChI=1S/C9H18O4/c1-3-6-13-8(11)7-9(2,12)4-5-10/h10,12H,3-7H2,1-2H3/t9-/m1/s1. The summed E-state index contributed by atoms with van der Waals surface area (Å²) >= 11 is 0. The molecule has 0 aromatic heterocycles. The summed E-state index contributed by atoms with van der Waals surface area (Å²) in [5.41, 5.74) is -1.15. The Morgan fingerprint density at radius 1 is 1.54 bits per heavy atom. The minimum Gasteiger partial charge on any atom is -0.466 e. The first kappa shape index (κ1) is 12.4. The van der Waals surface area contributed by atoms with E-state index in [4.69, 9.17) is 9.84 Å². The highest BCUT2D eigenvalue weighted by atomic mass is 16.5. The molecular formula is C9H18O4. The highest BCUT2D eigenvalue weighted by molar-refractivity contribution is 5.70. The van der Waals surface area contributed by atoms with E-state index in [0.29, 0.717) is 6.61 Å². The Morgan fingerprint density at radius 2 is 2.15 bits per heavy atom. The van der Waals surface area contributed by atoms with Crippen LogP contribution in [0.2, 0.25) is 0 Å². The van der Waals surface area contributed by atoms with Crippen molar-refractivity contribution in [3.05, 3.63) is 0 Å². The Balaban J connectivity index is 3.75. The van der Waals surface area contributed by atoms with Gasteiger partial charge in [-0.2, -0.15) is 0 Å². The zero-order chi connectivity index (χ0) is 10.3. The van der Waals surface area contributed by atoms with E-state index in [1.807, 2.05) is 6.92 Å². The normalized spacial score (nSPS) is 15.1. The maximum absolute atomic E-state index is 11.0. The van der Waals surface area contributed by atoms with Crippen LogP contribution in [-0.4, -0.2) is 35.0 Å². The van der Waals surface area contributed by atoms with E-state index >= 15 is 0 Å². The number of aliphatic hydroxyl groups is 2. The summed E-state index contributed by atoms with van der Waals surface area (Å²) in [6, 6.07) is 0. The SMILES string of the molecule is CCCOC(=O)C[C@](C)(O)CCO. The number of esters is 1. The molecule has 0 spiro atoms. The predicted octanol–water partition coefficient (Wildman–Crippen LogP) is 0.463. The predicted molar refractivity (Wildman–Crippen MR) is 48.2 cm³/mol. The lowest BCUT2D eigenvalue weighted by Gasteiger charge is -2.20. The molecular weight excluding hydrogens is 172 g/mol. The molecule has 4 heteroatoms. The molecule has 78 valence electrons. The molecule has 0 fully saturated rings. The summed E-state index contributed by atoms with van der Waals surface area (Å²) in [5, 5.41) is 18.1. The molecule has 1 atom stereocenters. The van der Waals surface area contributed by atoms with Crippen LogP contribution in [0.15, 0.2) is 0 Å². The molecule has 0 aromatic rings. The summed E-state index contributed by atoms with van der Waals surface area (Å²) < 4.78 is 4.79. The number of carbonyl (C=O) groups excluding carboxylic acids is 1. The third kappa shape index (κ3) is 6.54. The first-order valence-corrected chi connectivity index (χ1v) is 4.50. The quantitative estimate of drug-likeness (QED) is 0.597. The average Bonchev–Trinajstić information content (AvgIpc) is 1.99. The molecule has 0 aliphatic heterocycles. The number of hydrogen-bond donors (Lipinski definition) is 2. The molecule has 0 amide bonds. The van der Waals surface area contributed by atoms with Gasteiger partial charge in [0.1, 0.15) is 0 Å². The first-order valence-electron chi connectivity index (χ1n) is 4.50. The smallest absolute Gasteiger partial charge is 0.308 e. The third-order valence-electron chi connectivity index (χ3n) is 1.64. The number of hydrogen-bond acceptors (Lipinski definition) is 4. The summed E-state index contributed by atoms with van der Waals surface area (Å²) in [7, 11) is 0. The number of aliphatic hydroxyl groups excluding tert-OH is 1. The van der Waals surface area contributed by atoms with E-state index in [1.165, 1.54) is 6.92 Å². The maximum Gasteiger partial charge on any atom is 0.308 e. The molecule has 0 radical (unpaired) electrons. The zero-order valence-corrected chi connectivity index (χ0v) is 8.25. The molecule has 0 saturated carbocycles. The summed E-state index contributed by atoms with van der Waals surface area (Å²) in [6.45, 7) is 3.66. The van der Waals surface area contributed by atoms with Crippen LogP contribution in [0.5, 0.6) is 0 Å². The van der Waals surface area contributed by atoms with Crippen molar-refractivity contribution >= 4 is 5.97 Å². The van der Waals surface area contributed by atoms with Gasteiger partial charge in [0.25, 0.3) is 0 Å².